The van der Waals surface area contributed by atoms with Crippen LogP contribution in [0.1, 0.15) is 22.6 Å². The Balaban J connectivity index is 1.98. The number of aromatic nitrogens is 3. The van der Waals surface area contributed by atoms with Gasteiger partial charge in [0.25, 0.3) is 0 Å². The van der Waals surface area contributed by atoms with Crippen LogP contribution in [0.5, 0.6) is 0 Å². The highest BCUT2D eigenvalue weighted by Gasteiger charge is 2.39. The fourth-order valence-corrected chi connectivity index (χ4v) is 3.32. The minimum Gasteiger partial charge on any atom is -0.366 e. The fourth-order valence-electron chi connectivity index (χ4n) is 2.71. The number of hydrogen-bond acceptors (Lipinski definition) is 4. The summed E-state index contributed by atoms with van der Waals surface area (Å²) >= 11 is 17.6. The molecule has 1 atom stereocenters. The molecule has 2 N–H and O–H groups in total. The van der Waals surface area contributed by atoms with Crippen LogP contribution >= 0.6 is 34.8 Å². The van der Waals surface area contributed by atoms with Crippen molar-refractivity contribution in [1.29, 1.82) is 5.26 Å². The molecule has 30 heavy (non-hydrogen) atoms. The molecule has 1 unspecified atom stereocenters. The normalized spacial score (nSPS) is 12.8. The maximum absolute atomic E-state index is 13.7. The molecule has 11 heteroatoms. The first-order chi connectivity index (χ1) is 14.1. The number of nitriles is 1. The van der Waals surface area contributed by atoms with Gasteiger partial charge < -0.3 is 5.73 Å². The Kier molecular flexibility index (Phi) is 6.27. The van der Waals surface area contributed by atoms with Crippen molar-refractivity contribution in [2.45, 2.75) is 12.1 Å². The van der Waals surface area contributed by atoms with E-state index in [1.165, 1.54) is 29.2 Å². The lowest BCUT2D eigenvalue weighted by Crippen LogP contribution is -2.19. The molecule has 0 aliphatic carbocycles. The molecule has 2 aromatic carbocycles. The zero-order valence-corrected chi connectivity index (χ0v) is 17.1. The van der Waals surface area contributed by atoms with Crippen LogP contribution in [0.3, 0.4) is 0 Å². The summed E-state index contributed by atoms with van der Waals surface area (Å²) in [5, 5.41) is 13.1. The van der Waals surface area contributed by atoms with Gasteiger partial charge in [-0.1, -0.05) is 53.0 Å². The summed E-state index contributed by atoms with van der Waals surface area (Å²) in [6, 6.07) is 8.73. The van der Waals surface area contributed by atoms with Crippen molar-refractivity contribution in [1.82, 2.24) is 14.8 Å². The molecule has 1 heterocycles. The molecule has 0 aliphatic heterocycles. The molecule has 0 amide bonds. The Morgan fingerprint density at radius 3 is 2.33 bits per heavy atom. The second kappa shape index (κ2) is 8.56. The second-order valence-corrected chi connectivity index (χ2v) is 7.31. The van der Waals surface area contributed by atoms with E-state index < -0.39 is 12.1 Å². The van der Waals surface area contributed by atoms with Gasteiger partial charge in [0.15, 0.2) is 0 Å². The lowest BCUT2D eigenvalue weighted by molar-refractivity contribution is -0.139. The third kappa shape index (κ3) is 4.70. The molecule has 1 aromatic heterocycles. The highest BCUT2D eigenvalue weighted by molar-refractivity contribution is 6.48. The van der Waals surface area contributed by atoms with Gasteiger partial charge in [-0.25, -0.2) is 9.67 Å². The van der Waals surface area contributed by atoms with Crippen molar-refractivity contribution in [3.8, 4) is 11.8 Å². The number of benzene rings is 2. The quantitative estimate of drug-likeness (QED) is 0.469. The molecule has 0 aliphatic rings. The van der Waals surface area contributed by atoms with E-state index in [4.69, 9.17) is 40.5 Å². The molecule has 0 bridgehead atoms. The van der Waals surface area contributed by atoms with E-state index in [9.17, 15) is 18.4 Å². The predicted molar refractivity (Wildman–Crippen MR) is 110 cm³/mol. The zero-order valence-electron chi connectivity index (χ0n) is 14.8. The molecule has 0 saturated carbocycles. The van der Waals surface area contributed by atoms with E-state index in [1.54, 1.807) is 6.07 Å². The van der Waals surface area contributed by atoms with Crippen LogP contribution in [-0.4, -0.2) is 20.9 Å². The van der Waals surface area contributed by atoms with Crippen LogP contribution < -0.4 is 5.73 Å². The van der Waals surface area contributed by atoms with E-state index in [0.717, 1.165) is 18.2 Å². The zero-order chi connectivity index (χ0) is 22.1. The molecular formula is C19H11Cl3F3N5. The summed E-state index contributed by atoms with van der Waals surface area (Å²) in [5.41, 5.74) is 6.27. The molecule has 3 rings (SSSR count). The largest absolute Gasteiger partial charge is 0.399 e. The van der Waals surface area contributed by atoms with Crippen LogP contribution in [0, 0.1) is 11.3 Å². The van der Waals surface area contributed by atoms with Gasteiger partial charge >= 0.3 is 6.18 Å². The summed E-state index contributed by atoms with van der Waals surface area (Å²) in [7, 11) is 0. The molecular weight excluding hydrogens is 462 g/mol. The van der Waals surface area contributed by atoms with E-state index in [2.05, 4.69) is 10.1 Å². The second-order valence-electron chi connectivity index (χ2n) is 6.11. The lowest BCUT2D eigenvalue weighted by atomic mass is 9.96. The van der Waals surface area contributed by atoms with Crippen LogP contribution in [0.25, 0.3) is 11.8 Å². The highest BCUT2D eigenvalue weighted by atomic mass is 35.5. The average Bonchev–Trinajstić information content (AvgIpc) is 3.11. The molecule has 0 spiro atoms. The number of alkyl halides is 3. The number of nitrogen functional groups attached to an aromatic ring is 1. The minimum absolute atomic E-state index is 0.0185. The number of anilines is 1. The van der Waals surface area contributed by atoms with Crippen molar-refractivity contribution < 1.29 is 13.2 Å². The van der Waals surface area contributed by atoms with Crippen molar-refractivity contribution in [2.75, 3.05) is 5.73 Å². The van der Waals surface area contributed by atoms with Crippen molar-refractivity contribution in [2.24, 2.45) is 0 Å². The molecule has 0 fully saturated rings. The monoisotopic (exact) mass is 471 g/mol. The van der Waals surface area contributed by atoms with Gasteiger partial charge in [-0.15, -0.1) is 5.10 Å². The number of rotatable bonds is 4. The average molecular weight is 473 g/mol. The van der Waals surface area contributed by atoms with E-state index in [-0.39, 0.29) is 32.1 Å². The van der Waals surface area contributed by atoms with E-state index in [0.29, 0.717) is 11.3 Å². The van der Waals surface area contributed by atoms with Gasteiger partial charge in [-0.05, 0) is 35.4 Å². The topological polar surface area (TPSA) is 80.5 Å². The predicted octanol–water partition coefficient (Wildman–Crippen LogP) is 6.04. The number of halogens is 6. The first-order valence-corrected chi connectivity index (χ1v) is 9.34. The maximum Gasteiger partial charge on any atom is 0.399 e. The maximum atomic E-state index is 13.7. The van der Waals surface area contributed by atoms with Crippen LogP contribution in [0.2, 0.25) is 15.1 Å². The standard InChI is InChI=1S/C19H11Cl3F3N5/c20-14-6-11(7-15(21)17(14)22)13(19(23,24)25)3-1-10-2-4-16(12(5-10)8-26)30-9-28-18(27)29-30/h1-7,9,13H,(H2,27,29). The molecule has 0 radical (unpaired) electrons. The Morgan fingerprint density at radius 1 is 1.13 bits per heavy atom. The SMILES string of the molecule is N#Cc1cc(C=CC(c2cc(Cl)c(Cl)c(Cl)c2)C(F)(F)F)ccc1-n1cnc(N)n1. The molecule has 3 aromatic rings. The summed E-state index contributed by atoms with van der Waals surface area (Å²) in [6.45, 7) is 0. The van der Waals surface area contributed by atoms with Gasteiger partial charge in [0.1, 0.15) is 12.4 Å². The van der Waals surface area contributed by atoms with E-state index in [1.807, 2.05) is 6.07 Å². The van der Waals surface area contributed by atoms with E-state index >= 15 is 0 Å². The third-order valence-corrected chi connectivity index (χ3v) is 5.29. The van der Waals surface area contributed by atoms with Gasteiger partial charge in [0.2, 0.25) is 5.95 Å². The number of allylic oxidation sites excluding steroid dienone is 1. The first-order valence-electron chi connectivity index (χ1n) is 8.21. The Morgan fingerprint density at radius 2 is 1.80 bits per heavy atom. The van der Waals surface area contributed by atoms with Gasteiger partial charge in [-0.3, -0.25) is 0 Å². The smallest absolute Gasteiger partial charge is 0.366 e. The van der Waals surface area contributed by atoms with Crippen LogP contribution in [0.15, 0.2) is 42.7 Å². The van der Waals surface area contributed by atoms with Gasteiger partial charge in [0.05, 0.1) is 32.2 Å². The Labute approximate surface area is 184 Å². The Bertz CT molecular complexity index is 1140. The first kappa shape index (κ1) is 22.0. The Hall–Kier alpha value is -2.73. The summed E-state index contributed by atoms with van der Waals surface area (Å²) < 4.78 is 42.3. The summed E-state index contributed by atoms with van der Waals surface area (Å²) in [6.07, 6.45) is -1.06. The van der Waals surface area contributed by atoms with Gasteiger partial charge in [0, 0.05) is 0 Å². The van der Waals surface area contributed by atoms with Crippen LogP contribution in [-0.2, 0) is 0 Å². The summed E-state index contributed by atoms with van der Waals surface area (Å²) in [5.74, 6) is -1.96. The minimum atomic E-state index is -4.60. The lowest BCUT2D eigenvalue weighted by Gasteiger charge is -2.18. The molecule has 0 saturated heterocycles. The van der Waals surface area contributed by atoms with Gasteiger partial charge in [-0.2, -0.15) is 18.4 Å². The highest BCUT2D eigenvalue weighted by Crippen LogP contribution is 2.41. The molecule has 154 valence electrons. The third-order valence-electron chi connectivity index (χ3n) is 4.10. The summed E-state index contributed by atoms with van der Waals surface area (Å²) in [4.78, 5) is 3.78. The van der Waals surface area contributed by atoms with Crippen LogP contribution in [0.4, 0.5) is 19.1 Å². The number of nitrogens with two attached hydrogens (primary N) is 1. The van der Waals surface area contributed by atoms with Crippen molar-refractivity contribution in [3.05, 3.63) is 74.5 Å². The van der Waals surface area contributed by atoms with Crippen molar-refractivity contribution in [3.63, 3.8) is 0 Å². The van der Waals surface area contributed by atoms with Crippen molar-refractivity contribution >= 4 is 46.8 Å². The fraction of sp³-hybridized carbons (Fsp3) is 0.105. The molecule has 5 nitrogen and oxygen atoms in total. The number of hydrogen-bond donors (Lipinski definition) is 1. The number of nitrogens with zero attached hydrogens (tertiary/aromatic N) is 4.